The summed E-state index contributed by atoms with van der Waals surface area (Å²) in [5, 5.41) is 0. The zero-order chi connectivity index (χ0) is 13.7. The Morgan fingerprint density at radius 1 is 1.21 bits per heavy atom. The van der Waals surface area contributed by atoms with Crippen LogP contribution in [-0.2, 0) is 4.79 Å². The number of amides is 1. The predicted molar refractivity (Wildman–Crippen MR) is 77.7 cm³/mol. The van der Waals surface area contributed by atoms with E-state index in [9.17, 15) is 4.79 Å². The van der Waals surface area contributed by atoms with Crippen LogP contribution >= 0.6 is 0 Å². The highest BCUT2D eigenvalue weighted by Gasteiger charge is 2.20. The summed E-state index contributed by atoms with van der Waals surface area (Å²) in [5.74, 6) is 0.194. The molecular formula is C15H21N3O. The number of carbonyl (C=O) groups excluding carboxylic acids is 1. The molecule has 0 saturated heterocycles. The Kier molecular flexibility index (Phi) is 4.44. The number of hydrogen-bond donors (Lipinski definition) is 3. The van der Waals surface area contributed by atoms with Gasteiger partial charge in [-0.1, -0.05) is 38.0 Å². The van der Waals surface area contributed by atoms with Crippen LogP contribution in [0.2, 0.25) is 0 Å². The van der Waals surface area contributed by atoms with Crippen LogP contribution in [0.5, 0.6) is 0 Å². The lowest BCUT2D eigenvalue weighted by molar-refractivity contribution is -0.126. The molecular weight excluding hydrogens is 238 g/mol. The van der Waals surface area contributed by atoms with E-state index in [1.807, 2.05) is 24.3 Å². The number of anilines is 1. The maximum absolute atomic E-state index is 12.0. The number of nitrogens with two attached hydrogens (primary N) is 1. The molecule has 1 amide bonds. The summed E-state index contributed by atoms with van der Waals surface area (Å²) in [6.45, 7) is 3.90. The first kappa shape index (κ1) is 13.5. The van der Waals surface area contributed by atoms with E-state index in [2.05, 4.69) is 17.4 Å². The Hall–Kier alpha value is -1.97. The fourth-order valence-corrected chi connectivity index (χ4v) is 2.40. The van der Waals surface area contributed by atoms with Gasteiger partial charge in [0.25, 0.3) is 0 Å². The van der Waals surface area contributed by atoms with Gasteiger partial charge in [-0.3, -0.25) is 15.6 Å². The Morgan fingerprint density at radius 2 is 1.95 bits per heavy atom. The van der Waals surface area contributed by atoms with Crippen LogP contribution in [-0.4, -0.2) is 5.91 Å². The second-order valence-corrected chi connectivity index (χ2v) is 5.05. The lowest BCUT2D eigenvalue weighted by atomic mass is 9.89. The van der Waals surface area contributed by atoms with E-state index in [4.69, 9.17) is 5.73 Å². The number of hydrazine groups is 1. The number of hydrogen-bond acceptors (Lipinski definition) is 3. The van der Waals surface area contributed by atoms with E-state index in [-0.39, 0.29) is 11.8 Å². The van der Waals surface area contributed by atoms with Gasteiger partial charge in [-0.25, -0.2) is 0 Å². The quantitative estimate of drug-likeness (QED) is 0.574. The molecule has 102 valence electrons. The SMILES string of the molecule is C=C(NNC(=O)C1CCCCC1)c1cccc(N)c1. The van der Waals surface area contributed by atoms with Crippen molar-refractivity contribution in [2.24, 2.45) is 5.92 Å². The number of rotatable bonds is 4. The van der Waals surface area contributed by atoms with Gasteiger partial charge in [0.15, 0.2) is 0 Å². The second kappa shape index (κ2) is 6.27. The minimum atomic E-state index is 0.0600. The molecule has 0 aliphatic heterocycles. The third-order valence-corrected chi connectivity index (χ3v) is 3.55. The Bertz CT molecular complexity index is 464. The molecule has 1 aromatic rings. The maximum atomic E-state index is 12.0. The van der Waals surface area contributed by atoms with Crippen molar-refractivity contribution in [3.8, 4) is 0 Å². The summed E-state index contributed by atoms with van der Waals surface area (Å²) in [7, 11) is 0. The summed E-state index contributed by atoms with van der Waals surface area (Å²) in [4.78, 5) is 12.0. The van der Waals surface area contributed by atoms with Crippen LogP contribution in [0.1, 0.15) is 37.7 Å². The molecule has 4 N–H and O–H groups in total. The van der Waals surface area contributed by atoms with E-state index in [0.717, 1.165) is 31.2 Å². The van der Waals surface area contributed by atoms with Crippen molar-refractivity contribution in [3.63, 3.8) is 0 Å². The molecule has 0 bridgehead atoms. The molecule has 2 rings (SSSR count). The van der Waals surface area contributed by atoms with Gasteiger partial charge < -0.3 is 5.73 Å². The van der Waals surface area contributed by atoms with E-state index in [1.165, 1.54) is 6.42 Å². The van der Waals surface area contributed by atoms with Crippen LogP contribution < -0.4 is 16.6 Å². The lowest BCUT2D eigenvalue weighted by Gasteiger charge is -2.21. The summed E-state index contributed by atoms with van der Waals surface area (Å²) >= 11 is 0. The molecule has 1 aromatic carbocycles. The number of nitrogen functional groups attached to an aromatic ring is 1. The first-order valence-corrected chi connectivity index (χ1v) is 6.77. The molecule has 1 fully saturated rings. The molecule has 4 heteroatoms. The highest BCUT2D eigenvalue weighted by molar-refractivity contribution is 5.79. The number of carbonyl (C=O) groups is 1. The molecule has 19 heavy (non-hydrogen) atoms. The lowest BCUT2D eigenvalue weighted by Crippen LogP contribution is -2.40. The molecule has 0 radical (unpaired) electrons. The van der Waals surface area contributed by atoms with Gasteiger partial charge in [-0.15, -0.1) is 0 Å². The number of nitrogens with one attached hydrogen (secondary N) is 2. The van der Waals surface area contributed by atoms with Gasteiger partial charge >= 0.3 is 0 Å². The van der Waals surface area contributed by atoms with Gasteiger partial charge in [0, 0.05) is 17.2 Å². The zero-order valence-electron chi connectivity index (χ0n) is 11.1. The normalized spacial score (nSPS) is 15.8. The fourth-order valence-electron chi connectivity index (χ4n) is 2.40. The van der Waals surface area contributed by atoms with Crippen LogP contribution in [0.25, 0.3) is 5.70 Å². The Morgan fingerprint density at radius 3 is 2.63 bits per heavy atom. The minimum absolute atomic E-state index is 0.0600. The number of benzene rings is 1. The minimum Gasteiger partial charge on any atom is -0.399 e. The summed E-state index contributed by atoms with van der Waals surface area (Å²) in [6.07, 6.45) is 5.51. The largest absolute Gasteiger partial charge is 0.399 e. The van der Waals surface area contributed by atoms with Crippen LogP contribution in [0.3, 0.4) is 0 Å². The predicted octanol–water partition coefficient (Wildman–Crippen LogP) is 2.44. The molecule has 1 saturated carbocycles. The zero-order valence-corrected chi connectivity index (χ0v) is 11.1. The van der Waals surface area contributed by atoms with Crippen LogP contribution in [0, 0.1) is 5.92 Å². The molecule has 4 nitrogen and oxygen atoms in total. The summed E-state index contributed by atoms with van der Waals surface area (Å²) in [5.41, 5.74) is 13.5. The fraction of sp³-hybridized carbons (Fsp3) is 0.400. The van der Waals surface area contributed by atoms with Crippen LogP contribution in [0.4, 0.5) is 5.69 Å². The highest BCUT2D eigenvalue weighted by Crippen LogP contribution is 2.23. The molecule has 0 aromatic heterocycles. The van der Waals surface area contributed by atoms with Crippen molar-refractivity contribution in [1.82, 2.24) is 10.9 Å². The van der Waals surface area contributed by atoms with Gasteiger partial charge in [0.05, 0.1) is 5.70 Å². The van der Waals surface area contributed by atoms with Crippen molar-refractivity contribution < 1.29 is 4.79 Å². The molecule has 0 heterocycles. The first-order valence-electron chi connectivity index (χ1n) is 6.77. The third kappa shape index (κ3) is 3.74. The average Bonchev–Trinajstić information content (AvgIpc) is 2.45. The van der Waals surface area contributed by atoms with E-state index in [0.29, 0.717) is 11.4 Å². The average molecular weight is 259 g/mol. The second-order valence-electron chi connectivity index (χ2n) is 5.05. The molecule has 0 unspecified atom stereocenters. The molecule has 0 spiro atoms. The van der Waals surface area contributed by atoms with Crippen molar-refractivity contribution >= 4 is 17.3 Å². The topological polar surface area (TPSA) is 67.1 Å². The van der Waals surface area contributed by atoms with E-state index < -0.39 is 0 Å². The van der Waals surface area contributed by atoms with Crippen molar-refractivity contribution in [3.05, 3.63) is 36.4 Å². The first-order chi connectivity index (χ1) is 9.16. The van der Waals surface area contributed by atoms with E-state index >= 15 is 0 Å². The van der Waals surface area contributed by atoms with Crippen molar-refractivity contribution in [2.45, 2.75) is 32.1 Å². The molecule has 0 atom stereocenters. The van der Waals surface area contributed by atoms with E-state index in [1.54, 1.807) is 0 Å². The standard InChI is InChI=1S/C15H21N3O/c1-11(13-8-5-9-14(16)10-13)17-18-15(19)12-6-3-2-4-7-12/h5,8-10,12,17H,1-4,6-7,16H2,(H,18,19). The van der Waals surface area contributed by atoms with Gasteiger partial charge in [-0.05, 0) is 25.0 Å². The Labute approximate surface area is 114 Å². The van der Waals surface area contributed by atoms with Gasteiger partial charge in [-0.2, -0.15) is 0 Å². The summed E-state index contributed by atoms with van der Waals surface area (Å²) < 4.78 is 0. The van der Waals surface area contributed by atoms with Crippen molar-refractivity contribution in [2.75, 3.05) is 5.73 Å². The monoisotopic (exact) mass is 259 g/mol. The third-order valence-electron chi connectivity index (χ3n) is 3.55. The molecule has 1 aliphatic rings. The smallest absolute Gasteiger partial charge is 0.241 e. The maximum Gasteiger partial charge on any atom is 0.241 e. The Balaban J connectivity index is 1.84. The van der Waals surface area contributed by atoms with Gasteiger partial charge in [0.2, 0.25) is 5.91 Å². The van der Waals surface area contributed by atoms with Crippen molar-refractivity contribution in [1.29, 1.82) is 0 Å². The highest BCUT2D eigenvalue weighted by atomic mass is 16.2. The van der Waals surface area contributed by atoms with Gasteiger partial charge in [0.1, 0.15) is 0 Å². The summed E-state index contributed by atoms with van der Waals surface area (Å²) in [6, 6.07) is 7.40. The molecule has 1 aliphatic carbocycles. The van der Waals surface area contributed by atoms with Crippen LogP contribution in [0.15, 0.2) is 30.8 Å².